The second-order valence-corrected chi connectivity index (χ2v) is 5.62. The fraction of sp³-hybridized carbons (Fsp3) is 0.211. The van der Waals surface area contributed by atoms with Gasteiger partial charge in [-0.15, -0.1) is 0 Å². The highest BCUT2D eigenvalue weighted by molar-refractivity contribution is 5.94. The van der Waals surface area contributed by atoms with Crippen LogP contribution in [0.2, 0.25) is 0 Å². The fourth-order valence-corrected chi connectivity index (χ4v) is 2.95. The van der Waals surface area contributed by atoms with Crippen LogP contribution in [0.3, 0.4) is 0 Å². The number of carbonyl (C=O) groups is 2. The van der Waals surface area contributed by atoms with E-state index in [-0.39, 0.29) is 24.3 Å². The lowest BCUT2D eigenvalue weighted by Gasteiger charge is -2.26. The normalized spacial score (nSPS) is 18.0. The van der Waals surface area contributed by atoms with E-state index in [4.69, 9.17) is 0 Å². The second kappa shape index (κ2) is 6.14. The summed E-state index contributed by atoms with van der Waals surface area (Å²) in [5.74, 6) is -0.367. The van der Waals surface area contributed by atoms with Gasteiger partial charge in [0.25, 0.3) is 0 Å². The molecule has 3 heteroatoms. The van der Waals surface area contributed by atoms with E-state index in [1.165, 1.54) is 0 Å². The maximum absolute atomic E-state index is 13.0. The molecule has 0 bridgehead atoms. The summed E-state index contributed by atoms with van der Waals surface area (Å²) in [5.41, 5.74) is 1.87. The Kier molecular flexibility index (Phi) is 4.05. The summed E-state index contributed by atoms with van der Waals surface area (Å²) in [5, 5.41) is 0. The lowest BCUT2D eigenvalue weighted by Crippen LogP contribution is -2.38. The summed E-state index contributed by atoms with van der Waals surface area (Å²) in [6, 6.07) is 19.1. The first-order valence-corrected chi connectivity index (χ1v) is 7.42. The summed E-state index contributed by atoms with van der Waals surface area (Å²) in [6.07, 6.45) is 0.349. The van der Waals surface area contributed by atoms with Crippen LogP contribution < -0.4 is 0 Å². The first kappa shape index (κ1) is 14.5. The maximum atomic E-state index is 13.0. The van der Waals surface area contributed by atoms with Crippen LogP contribution in [0.25, 0.3) is 0 Å². The third-order valence-electron chi connectivity index (χ3n) is 4.05. The molecule has 2 aromatic rings. The van der Waals surface area contributed by atoms with Gasteiger partial charge < -0.3 is 4.90 Å². The van der Waals surface area contributed by atoms with E-state index < -0.39 is 5.92 Å². The van der Waals surface area contributed by atoms with Crippen LogP contribution in [-0.2, 0) is 9.59 Å². The van der Waals surface area contributed by atoms with Crippen molar-refractivity contribution >= 4 is 11.7 Å². The molecule has 1 fully saturated rings. The lowest BCUT2D eigenvalue weighted by molar-refractivity contribution is -0.133. The Morgan fingerprint density at radius 3 is 1.91 bits per heavy atom. The van der Waals surface area contributed by atoms with Crippen LogP contribution >= 0.6 is 0 Å². The van der Waals surface area contributed by atoms with Gasteiger partial charge in [0.05, 0.1) is 12.5 Å². The van der Waals surface area contributed by atoms with Gasteiger partial charge in [0.2, 0.25) is 5.91 Å². The van der Waals surface area contributed by atoms with E-state index in [1.54, 1.807) is 4.90 Å². The standard InChI is InChI=1S/C19H18NO2/c1-14-12-17(21)13-20(14)19(22)18(15-8-4-2-5-9-15)16-10-6-3-7-11-16/h2-11,14,18H,1,12-13H2/t14-/m0/s1. The van der Waals surface area contributed by atoms with Crippen molar-refractivity contribution in [2.75, 3.05) is 6.54 Å². The molecule has 2 aromatic carbocycles. The monoisotopic (exact) mass is 292 g/mol. The van der Waals surface area contributed by atoms with Crippen molar-refractivity contribution in [1.29, 1.82) is 0 Å². The van der Waals surface area contributed by atoms with Gasteiger partial charge in [-0.2, -0.15) is 0 Å². The van der Waals surface area contributed by atoms with Gasteiger partial charge in [-0.1, -0.05) is 60.7 Å². The highest BCUT2D eigenvalue weighted by Gasteiger charge is 2.35. The number of rotatable bonds is 3. The highest BCUT2D eigenvalue weighted by atomic mass is 16.2. The van der Waals surface area contributed by atoms with Gasteiger partial charge >= 0.3 is 0 Å². The quantitative estimate of drug-likeness (QED) is 0.872. The molecule has 1 saturated heterocycles. The maximum Gasteiger partial charge on any atom is 0.235 e. The Hall–Kier alpha value is -2.42. The predicted molar refractivity (Wildman–Crippen MR) is 85.2 cm³/mol. The molecule has 0 aromatic heterocycles. The van der Waals surface area contributed by atoms with Gasteiger partial charge in [0.1, 0.15) is 0 Å². The summed E-state index contributed by atoms with van der Waals surface area (Å²) in [7, 11) is 0. The van der Waals surface area contributed by atoms with Gasteiger partial charge in [0.15, 0.2) is 5.78 Å². The topological polar surface area (TPSA) is 37.4 Å². The number of ketones is 1. The number of amides is 1. The molecule has 1 aliphatic rings. The lowest BCUT2D eigenvalue weighted by atomic mass is 9.90. The van der Waals surface area contributed by atoms with Crippen molar-refractivity contribution in [2.45, 2.75) is 18.4 Å². The van der Waals surface area contributed by atoms with Crippen molar-refractivity contribution in [2.24, 2.45) is 0 Å². The molecular weight excluding hydrogens is 274 g/mol. The molecule has 1 heterocycles. The molecular formula is C19H18NO2. The van der Waals surface area contributed by atoms with Crippen LogP contribution in [0, 0.1) is 6.92 Å². The minimum absolute atomic E-state index is 0.0525. The highest BCUT2D eigenvalue weighted by Crippen LogP contribution is 2.29. The molecule has 1 radical (unpaired) electrons. The Morgan fingerprint density at radius 2 is 1.50 bits per heavy atom. The molecule has 3 rings (SSSR count). The van der Waals surface area contributed by atoms with Crippen LogP contribution in [0.1, 0.15) is 23.5 Å². The SMILES string of the molecule is [CH2][C@H]1CC(=O)CN1C(=O)C(c1ccccc1)c1ccccc1. The zero-order chi connectivity index (χ0) is 15.5. The smallest absolute Gasteiger partial charge is 0.235 e. The number of nitrogens with zero attached hydrogens (tertiary/aromatic N) is 1. The zero-order valence-electron chi connectivity index (χ0n) is 12.3. The molecule has 0 saturated carbocycles. The van der Waals surface area contributed by atoms with Gasteiger partial charge in [-0.3, -0.25) is 9.59 Å². The molecule has 1 amide bonds. The molecule has 0 spiro atoms. The molecule has 0 aliphatic carbocycles. The summed E-state index contributed by atoms with van der Waals surface area (Å²) in [6.45, 7) is 4.11. The van der Waals surface area contributed by atoms with Crippen molar-refractivity contribution < 1.29 is 9.59 Å². The Labute approximate surface area is 130 Å². The van der Waals surface area contributed by atoms with E-state index in [9.17, 15) is 9.59 Å². The number of hydrogen-bond donors (Lipinski definition) is 0. The minimum atomic E-state index is -0.391. The average Bonchev–Trinajstić information content (AvgIpc) is 2.88. The average molecular weight is 292 g/mol. The van der Waals surface area contributed by atoms with E-state index in [0.29, 0.717) is 6.42 Å². The van der Waals surface area contributed by atoms with Gasteiger partial charge in [-0.25, -0.2) is 0 Å². The Bertz CT molecular complexity index is 627. The molecule has 0 N–H and O–H groups in total. The number of hydrogen-bond acceptors (Lipinski definition) is 2. The molecule has 3 nitrogen and oxygen atoms in total. The Balaban J connectivity index is 1.99. The number of carbonyl (C=O) groups excluding carboxylic acids is 2. The summed E-state index contributed by atoms with van der Waals surface area (Å²) < 4.78 is 0. The number of benzene rings is 2. The molecule has 1 aliphatic heterocycles. The first-order valence-electron chi connectivity index (χ1n) is 7.42. The molecule has 22 heavy (non-hydrogen) atoms. The minimum Gasteiger partial charge on any atom is -0.331 e. The molecule has 0 unspecified atom stereocenters. The fourth-order valence-electron chi connectivity index (χ4n) is 2.95. The zero-order valence-corrected chi connectivity index (χ0v) is 12.3. The molecule has 111 valence electrons. The largest absolute Gasteiger partial charge is 0.331 e. The van der Waals surface area contributed by atoms with Gasteiger partial charge in [0, 0.05) is 12.5 Å². The van der Waals surface area contributed by atoms with Crippen molar-refractivity contribution in [3.05, 3.63) is 78.7 Å². The first-order chi connectivity index (χ1) is 10.7. The van der Waals surface area contributed by atoms with E-state index in [1.807, 2.05) is 60.7 Å². The van der Waals surface area contributed by atoms with E-state index in [0.717, 1.165) is 11.1 Å². The van der Waals surface area contributed by atoms with E-state index in [2.05, 4.69) is 6.92 Å². The predicted octanol–water partition coefficient (Wildman–Crippen LogP) is 2.82. The summed E-state index contributed by atoms with van der Waals surface area (Å²) in [4.78, 5) is 26.3. The van der Waals surface area contributed by atoms with Crippen molar-refractivity contribution in [3.8, 4) is 0 Å². The number of Topliss-reactive ketones (excluding diaryl/α,β-unsaturated/α-hetero) is 1. The van der Waals surface area contributed by atoms with Crippen LogP contribution in [0.5, 0.6) is 0 Å². The second-order valence-electron chi connectivity index (χ2n) is 5.62. The number of likely N-dealkylation sites (tertiary alicyclic amines) is 1. The third kappa shape index (κ3) is 2.80. The van der Waals surface area contributed by atoms with Crippen LogP contribution in [0.15, 0.2) is 60.7 Å². The van der Waals surface area contributed by atoms with Gasteiger partial charge in [-0.05, 0) is 18.1 Å². The van der Waals surface area contributed by atoms with Crippen LogP contribution in [-0.4, -0.2) is 29.2 Å². The van der Waals surface area contributed by atoms with Crippen molar-refractivity contribution in [3.63, 3.8) is 0 Å². The van der Waals surface area contributed by atoms with Crippen LogP contribution in [0.4, 0.5) is 0 Å². The molecule has 1 atom stereocenters. The Morgan fingerprint density at radius 1 is 1.00 bits per heavy atom. The van der Waals surface area contributed by atoms with Crippen molar-refractivity contribution in [1.82, 2.24) is 4.90 Å². The van der Waals surface area contributed by atoms with E-state index >= 15 is 0 Å². The summed E-state index contributed by atoms with van der Waals surface area (Å²) >= 11 is 0. The third-order valence-corrected chi connectivity index (χ3v) is 4.05.